The van der Waals surface area contributed by atoms with Crippen LogP contribution in [0.25, 0.3) is 11.1 Å². The first-order valence-electron chi connectivity index (χ1n) is 11.7. The summed E-state index contributed by atoms with van der Waals surface area (Å²) in [4.78, 5) is 21.0. The minimum atomic E-state index is 0.736. The van der Waals surface area contributed by atoms with Crippen molar-refractivity contribution in [2.75, 3.05) is 48.0 Å². The van der Waals surface area contributed by atoms with Gasteiger partial charge in [-0.1, -0.05) is 12.1 Å². The number of nitrogens with one attached hydrogen (secondary N) is 2. The summed E-state index contributed by atoms with van der Waals surface area (Å²) >= 11 is 0. The SMILES string of the molecule is c1cnc(N2CCc3c(cc(-c4ccc(Nc5ncc[nH]5)cc4)cc3N3CCOCC3)C2)nc1. The number of hydrogen-bond donors (Lipinski definition) is 2. The van der Waals surface area contributed by atoms with Gasteiger partial charge in [-0.2, -0.15) is 0 Å². The van der Waals surface area contributed by atoms with Crippen molar-refractivity contribution in [3.05, 3.63) is 78.4 Å². The third-order valence-electron chi connectivity index (χ3n) is 6.48. The highest BCUT2D eigenvalue weighted by molar-refractivity contribution is 5.75. The molecule has 0 atom stereocenters. The molecule has 4 aromatic rings. The van der Waals surface area contributed by atoms with Gasteiger partial charge in [-0.05, 0) is 59.0 Å². The highest BCUT2D eigenvalue weighted by Crippen LogP contribution is 2.36. The Morgan fingerprint density at radius 1 is 0.853 bits per heavy atom. The molecule has 2 aliphatic heterocycles. The zero-order valence-corrected chi connectivity index (χ0v) is 18.9. The number of aromatic nitrogens is 4. The summed E-state index contributed by atoms with van der Waals surface area (Å²) in [5.41, 5.74) is 7.53. The molecular weight excluding hydrogens is 426 g/mol. The third-order valence-corrected chi connectivity index (χ3v) is 6.48. The monoisotopic (exact) mass is 453 g/mol. The van der Waals surface area contributed by atoms with Crippen LogP contribution in [-0.2, 0) is 17.7 Å². The Kier molecular flexibility index (Phi) is 5.56. The van der Waals surface area contributed by atoms with Crippen molar-refractivity contribution in [3.8, 4) is 11.1 Å². The molecule has 1 saturated heterocycles. The van der Waals surface area contributed by atoms with Gasteiger partial charge in [0.15, 0.2) is 0 Å². The first-order chi connectivity index (χ1) is 16.8. The third kappa shape index (κ3) is 4.20. The molecule has 2 aromatic carbocycles. The van der Waals surface area contributed by atoms with E-state index in [0.29, 0.717) is 0 Å². The van der Waals surface area contributed by atoms with E-state index in [-0.39, 0.29) is 0 Å². The molecule has 0 radical (unpaired) electrons. The van der Waals surface area contributed by atoms with Crippen LogP contribution in [0.15, 0.2) is 67.3 Å². The van der Waals surface area contributed by atoms with Crippen LogP contribution in [0.2, 0.25) is 0 Å². The number of nitrogens with zero attached hydrogens (tertiary/aromatic N) is 5. The van der Waals surface area contributed by atoms with E-state index in [9.17, 15) is 0 Å². The van der Waals surface area contributed by atoms with Crippen molar-refractivity contribution in [1.82, 2.24) is 19.9 Å². The summed E-state index contributed by atoms with van der Waals surface area (Å²) in [6.45, 7) is 5.12. The number of benzene rings is 2. The maximum absolute atomic E-state index is 5.63. The van der Waals surface area contributed by atoms with Crippen LogP contribution in [-0.4, -0.2) is 52.8 Å². The Labute approximate surface area is 198 Å². The number of ether oxygens (including phenoxy) is 1. The Balaban J connectivity index is 1.34. The van der Waals surface area contributed by atoms with Gasteiger partial charge in [-0.25, -0.2) is 15.0 Å². The molecule has 34 heavy (non-hydrogen) atoms. The lowest BCUT2D eigenvalue weighted by Gasteiger charge is -2.36. The molecule has 8 heteroatoms. The average molecular weight is 454 g/mol. The fourth-order valence-electron chi connectivity index (χ4n) is 4.77. The van der Waals surface area contributed by atoms with Crippen LogP contribution in [0.4, 0.5) is 23.3 Å². The molecule has 0 unspecified atom stereocenters. The molecule has 4 heterocycles. The fourth-order valence-corrected chi connectivity index (χ4v) is 4.77. The lowest BCUT2D eigenvalue weighted by Crippen LogP contribution is -2.38. The molecule has 6 rings (SSSR count). The van der Waals surface area contributed by atoms with E-state index in [2.05, 4.69) is 71.5 Å². The van der Waals surface area contributed by atoms with Crippen molar-refractivity contribution < 1.29 is 4.74 Å². The number of morpholine rings is 1. The van der Waals surface area contributed by atoms with Crippen LogP contribution in [0.5, 0.6) is 0 Å². The zero-order valence-electron chi connectivity index (χ0n) is 18.9. The largest absolute Gasteiger partial charge is 0.378 e. The van der Waals surface area contributed by atoms with Gasteiger partial charge in [0, 0.05) is 62.3 Å². The molecule has 0 aliphatic carbocycles. The molecule has 0 amide bonds. The van der Waals surface area contributed by atoms with Gasteiger partial charge < -0.3 is 24.8 Å². The predicted octanol–water partition coefficient (Wildman–Crippen LogP) is 4.01. The summed E-state index contributed by atoms with van der Waals surface area (Å²) in [6, 6.07) is 15.1. The van der Waals surface area contributed by atoms with Crippen LogP contribution < -0.4 is 15.1 Å². The van der Waals surface area contributed by atoms with E-state index in [1.54, 1.807) is 12.4 Å². The molecule has 2 N–H and O–H groups in total. The van der Waals surface area contributed by atoms with Crippen molar-refractivity contribution in [2.45, 2.75) is 13.0 Å². The van der Waals surface area contributed by atoms with E-state index in [4.69, 9.17) is 4.74 Å². The standard InChI is InChI=1S/C26H27N7O/c1-7-29-26(30-8-1)33-11-6-23-21(18-33)16-20(17-24(23)32-12-14-34-15-13-32)19-2-4-22(5-3-19)31-25-27-9-10-28-25/h1-5,7-10,16-17H,6,11-15,18H2,(H2,27,28,31). The molecule has 8 nitrogen and oxygen atoms in total. The van der Waals surface area contributed by atoms with Crippen LogP contribution in [0.3, 0.4) is 0 Å². The van der Waals surface area contributed by atoms with Crippen LogP contribution >= 0.6 is 0 Å². The van der Waals surface area contributed by atoms with E-state index in [1.807, 2.05) is 18.5 Å². The van der Waals surface area contributed by atoms with Crippen LogP contribution in [0.1, 0.15) is 11.1 Å². The molecule has 2 aliphatic rings. The molecule has 0 spiro atoms. The molecule has 0 bridgehead atoms. The van der Waals surface area contributed by atoms with E-state index < -0.39 is 0 Å². The summed E-state index contributed by atoms with van der Waals surface area (Å²) in [5, 5.41) is 3.29. The maximum Gasteiger partial charge on any atom is 0.225 e. The first-order valence-corrected chi connectivity index (χ1v) is 11.7. The Morgan fingerprint density at radius 2 is 1.68 bits per heavy atom. The lowest BCUT2D eigenvalue weighted by molar-refractivity contribution is 0.122. The van der Waals surface area contributed by atoms with Gasteiger partial charge in [0.2, 0.25) is 11.9 Å². The number of fused-ring (bicyclic) bond motifs is 1. The first kappa shape index (κ1) is 20.7. The summed E-state index contributed by atoms with van der Waals surface area (Å²) in [5.74, 6) is 1.53. The number of anilines is 4. The second-order valence-corrected chi connectivity index (χ2v) is 8.59. The lowest BCUT2D eigenvalue weighted by atomic mass is 9.92. The fraction of sp³-hybridized carbons (Fsp3) is 0.269. The van der Waals surface area contributed by atoms with Gasteiger partial charge in [-0.15, -0.1) is 0 Å². The van der Waals surface area contributed by atoms with Gasteiger partial charge >= 0.3 is 0 Å². The minimum absolute atomic E-state index is 0.736. The summed E-state index contributed by atoms with van der Waals surface area (Å²) < 4.78 is 5.63. The van der Waals surface area contributed by atoms with Gasteiger partial charge in [-0.3, -0.25) is 0 Å². The minimum Gasteiger partial charge on any atom is -0.378 e. The second-order valence-electron chi connectivity index (χ2n) is 8.59. The number of rotatable bonds is 5. The van der Waals surface area contributed by atoms with E-state index in [0.717, 1.165) is 63.4 Å². The number of imidazole rings is 1. The number of aromatic amines is 1. The molecular formula is C26H27N7O. The van der Waals surface area contributed by atoms with E-state index in [1.165, 1.54) is 27.9 Å². The van der Waals surface area contributed by atoms with Gasteiger partial charge in [0.1, 0.15) is 0 Å². The smallest absolute Gasteiger partial charge is 0.225 e. The Bertz CT molecular complexity index is 1240. The van der Waals surface area contributed by atoms with Gasteiger partial charge in [0.05, 0.1) is 13.2 Å². The van der Waals surface area contributed by atoms with Crippen LogP contribution in [0, 0.1) is 0 Å². The average Bonchev–Trinajstić information content (AvgIpc) is 3.42. The molecule has 1 fully saturated rings. The Morgan fingerprint density at radius 3 is 2.44 bits per heavy atom. The maximum atomic E-state index is 5.63. The molecule has 172 valence electrons. The topological polar surface area (TPSA) is 82.2 Å². The summed E-state index contributed by atoms with van der Waals surface area (Å²) in [7, 11) is 0. The zero-order chi connectivity index (χ0) is 22.7. The number of hydrogen-bond acceptors (Lipinski definition) is 7. The predicted molar refractivity (Wildman–Crippen MR) is 134 cm³/mol. The van der Waals surface area contributed by atoms with E-state index >= 15 is 0 Å². The van der Waals surface area contributed by atoms with Crippen molar-refractivity contribution in [1.29, 1.82) is 0 Å². The normalized spacial score (nSPS) is 15.8. The quantitative estimate of drug-likeness (QED) is 0.472. The van der Waals surface area contributed by atoms with Gasteiger partial charge in [0.25, 0.3) is 0 Å². The Hall–Kier alpha value is -3.91. The van der Waals surface area contributed by atoms with Crippen molar-refractivity contribution >= 4 is 23.3 Å². The highest BCUT2D eigenvalue weighted by Gasteiger charge is 2.25. The molecule has 0 saturated carbocycles. The second kappa shape index (κ2) is 9.15. The number of H-pyrrole nitrogens is 1. The van der Waals surface area contributed by atoms with Crippen molar-refractivity contribution in [2.24, 2.45) is 0 Å². The van der Waals surface area contributed by atoms with Crippen molar-refractivity contribution in [3.63, 3.8) is 0 Å². The summed E-state index contributed by atoms with van der Waals surface area (Å²) in [6.07, 6.45) is 8.14. The highest BCUT2D eigenvalue weighted by atomic mass is 16.5. The molecule has 2 aromatic heterocycles.